The average molecular weight is 252 g/mol. The summed E-state index contributed by atoms with van der Waals surface area (Å²) in [6, 6.07) is 1.49. The molecule has 0 spiro atoms. The zero-order valence-corrected chi connectivity index (χ0v) is 12.8. The molecule has 18 heavy (non-hydrogen) atoms. The third-order valence-electron chi connectivity index (χ3n) is 5.28. The van der Waals surface area contributed by atoms with Crippen molar-refractivity contribution in [2.75, 3.05) is 13.1 Å². The molecule has 2 heteroatoms. The summed E-state index contributed by atoms with van der Waals surface area (Å²) < 4.78 is 0. The van der Waals surface area contributed by atoms with Crippen molar-refractivity contribution in [3.8, 4) is 0 Å². The van der Waals surface area contributed by atoms with Gasteiger partial charge in [-0.05, 0) is 44.4 Å². The van der Waals surface area contributed by atoms with Crippen LogP contribution < -0.4 is 5.32 Å². The van der Waals surface area contributed by atoms with Gasteiger partial charge in [-0.25, -0.2) is 0 Å². The van der Waals surface area contributed by atoms with Crippen LogP contribution in [0.3, 0.4) is 0 Å². The van der Waals surface area contributed by atoms with Crippen molar-refractivity contribution in [3.63, 3.8) is 0 Å². The van der Waals surface area contributed by atoms with Crippen molar-refractivity contribution < 1.29 is 0 Å². The van der Waals surface area contributed by atoms with Gasteiger partial charge in [0.2, 0.25) is 0 Å². The summed E-state index contributed by atoms with van der Waals surface area (Å²) in [5, 5.41) is 3.78. The maximum absolute atomic E-state index is 3.78. The van der Waals surface area contributed by atoms with Gasteiger partial charge in [-0.2, -0.15) is 0 Å². The molecular formula is C16H32N2. The number of nitrogens with one attached hydrogen (secondary N) is 1. The van der Waals surface area contributed by atoms with Crippen molar-refractivity contribution in [2.24, 2.45) is 5.92 Å². The second kappa shape index (κ2) is 5.92. The fourth-order valence-electron chi connectivity index (χ4n) is 3.97. The Balaban J connectivity index is 2.03. The minimum atomic E-state index is 0.567. The molecule has 2 unspecified atom stereocenters. The molecule has 2 atom stereocenters. The fourth-order valence-corrected chi connectivity index (χ4v) is 3.97. The molecule has 0 aromatic heterocycles. The van der Waals surface area contributed by atoms with E-state index in [9.17, 15) is 0 Å². The van der Waals surface area contributed by atoms with Gasteiger partial charge in [-0.3, -0.25) is 4.90 Å². The smallest absolute Gasteiger partial charge is 0.0224 e. The van der Waals surface area contributed by atoms with E-state index in [4.69, 9.17) is 0 Å². The van der Waals surface area contributed by atoms with E-state index in [2.05, 4.69) is 37.9 Å². The van der Waals surface area contributed by atoms with Crippen molar-refractivity contribution >= 4 is 0 Å². The number of rotatable bonds is 5. The topological polar surface area (TPSA) is 15.3 Å². The predicted octanol–water partition coefficient (Wildman–Crippen LogP) is 3.42. The van der Waals surface area contributed by atoms with Crippen molar-refractivity contribution in [3.05, 3.63) is 0 Å². The van der Waals surface area contributed by atoms with Gasteiger partial charge >= 0.3 is 0 Å². The van der Waals surface area contributed by atoms with Crippen LogP contribution in [0.4, 0.5) is 0 Å². The fraction of sp³-hybridized carbons (Fsp3) is 1.00. The number of nitrogens with zero attached hydrogens (tertiary/aromatic N) is 1. The summed E-state index contributed by atoms with van der Waals surface area (Å²) in [7, 11) is 0. The lowest BCUT2D eigenvalue weighted by molar-refractivity contribution is -0.0461. The second-order valence-corrected chi connectivity index (χ2v) is 6.88. The molecule has 1 aliphatic heterocycles. The van der Waals surface area contributed by atoms with Crippen LogP contribution in [-0.2, 0) is 0 Å². The third-order valence-corrected chi connectivity index (χ3v) is 5.28. The van der Waals surface area contributed by atoms with Gasteiger partial charge in [-0.1, -0.05) is 27.7 Å². The molecule has 1 aliphatic carbocycles. The lowest BCUT2D eigenvalue weighted by Gasteiger charge is -2.56. The first-order chi connectivity index (χ1) is 8.61. The molecule has 0 aromatic rings. The Labute approximate surface area is 114 Å². The lowest BCUT2D eigenvalue weighted by atomic mass is 9.72. The highest BCUT2D eigenvalue weighted by molar-refractivity contribution is 5.02. The predicted molar refractivity (Wildman–Crippen MR) is 78.9 cm³/mol. The second-order valence-electron chi connectivity index (χ2n) is 6.88. The molecule has 1 N–H and O–H groups in total. The minimum absolute atomic E-state index is 0.567. The highest BCUT2D eigenvalue weighted by Gasteiger charge is 2.45. The Morgan fingerprint density at radius 2 is 2.00 bits per heavy atom. The molecule has 0 radical (unpaired) electrons. The number of piperazine rings is 1. The van der Waals surface area contributed by atoms with E-state index < -0.39 is 0 Å². The summed E-state index contributed by atoms with van der Waals surface area (Å²) in [6.07, 6.45) is 8.29. The van der Waals surface area contributed by atoms with Crippen LogP contribution in [0.15, 0.2) is 0 Å². The van der Waals surface area contributed by atoms with Crippen LogP contribution in [0.1, 0.15) is 66.2 Å². The molecule has 2 fully saturated rings. The Morgan fingerprint density at radius 3 is 2.44 bits per heavy atom. The van der Waals surface area contributed by atoms with E-state index in [1.807, 2.05) is 0 Å². The summed E-state index contributed by atoms with van der Waals surface area (Å²) in [4.78, 5) is 2.89. The van der Waals surface area contributed by atoms with Gasteiger partial charge in [-0.15, -0.1) is 0 Å². The zero-order valence-electron chi connectivity index (χ0n) is 12.8. The number of hydrogen-bond acceptors (Lipinski definition) is 2. The summed E-state index contributed by atoms with van der Waals surface area (Å²) >= 11 is 0. The molecule has 0 amide bonds. The van der Waals surface area contributed by atoms with Crippen LogP contribution >= 0.6 is 0 Å². The van der Waals surface area contributed by atoms with Crippen molar-refractivity contribution in [1.82, 2.24) is 10.2 Å². The number of hydrogen-bond donors (Lipinski definition) is 1. The van der Waals surface area contributed by atoms with Gasteiger partial charge in [0, 0.05) is 30.7 Å². The van der Waals surface area contributed by atoms with Gasteiger partial charge < -0.3 is 5.32 Å². The SMILES string of the molecule is CCC1CNC(CC(C)C)CN1C1(CC)CCC1. The van der Waals surface area contributed by atoms with Crippen LogP contribution in [0.2, 0.25) is 0 Å². The first kappa shape index (κ1) is 14.3. The molecule has 2 nitrogen and oxygen atoms in total. The molecule has 0 bridgehead atoms. The highest BCUT2D eigenvalue weighted by Crippen LogP contribution is 2.42. The molecule has 1 saturated heterocycles. The van der Waals surface area contributed by atoms with Crippen LogP contribution in [0.25, 0.3) is 0 Å². The maximum Gasteiger partial charge on any atom is 0.0224 e. The van der Waals surface area contributed by atoms with Crippen molar-refractivity contribution in [2.45, 2.75) is 83.8 Å². The van der Waals surface area contributed by atoms with E-state index in [0.29, 0.717) is 5.54 Å². The van der Waals surface area contributed by atoms with E-state index >= 15 is 0 Å². The van der Waals surface area contributed by atoms with E-state index in [0.717, 1.165) is 18.0 Å². The van der Waals surface area contributed by atoms with Crippen molar-refractivity contribution in [1.29, 1.82) is 0 Å². The Bertz CT molecular complexity index is 252. The van der Waals surface area contributed by atoms with E-state index in [1.54, 1.807) is 0 Å². The normalized spacial score (nSPS) is 32.5. The monoisotopic (exact) mass is 252 g/mol. The van der Waals surface area contributed by atoms with Crippen LogP contribution in [-0.4, -0.2) is 35.6 Å². The van der Waals surface area contributed by atoms with Gasteiger partial charge in [0.1, 0.15) is 0 Å². The minimum Gasteiger partial charge on any atom is -0.311 e. The molecular weight excluding hydrogens is 220 g/mol. The largest absolute Gasteiger partial charge is 0.311 e. The molecule has 2 rings (SSSR count). The summed E-state index contributed by atoms with van der Waals surface area (Å²) in [5.74, 6) is 0.807. The molecule has 0 aromatic carbocycles. The van der Waals surface area contributed by atoms with Gasteiger partial charge in [0.15, 0.2) is 0 Å². The van der Waals surface area contributed by atoms with E-state index in [1.165, 1.54) is 51.6 Å². The lowest BCUT2D eigenvalue weighted by Crippen LogP contribution is -2.66. The van der Waals surface area contributed by atoms with E-state index in [-0.39, 0.29) is 0 Å². The van der Waals surface area contributed by atoms with Crippen LogP contribution in [0, 0.1) is 5.92 Å². The maximum atomic E-state index is 3.78. The summed E-state index contributed by atoms with van der Waals surface area (Å²) in [6.45, 7) is 11.9. The zero-order chi connectivity index (χ0) is 13.2. The Kier molecular flexibility index (Phi) is 4.71. The van der Waals surface area contributed by atoms with Gasteiger partial charge in [0.25, 0.3) is 0 Å². The van der Waals surface area contributed by atoms with Crippen LogP contribution in [0.5, 0.6) is 0 Å². The third kappa shape index (κ3) is 2.75. The molecule has 1 heterocycles. The molecule has 1 saturated carbocycles. The quantitative estimate of drug-likeness (QED) is 0.806. The standard InChI is InChI=1S/C16H32N2/c1-5-15-11-17-14(10-13(3)4)12-18(15)16(6-2)8-7-9-16/h13-15,17H,5-12H2,1-4H3. The summed E-state index contributed by atoms with van der Waals surface area (Å²) in [5.41, 5.74) is 0.567. The Morgan fingerprint density at radius 1 is 1.28 bits per heavy atom. The van der Waals surface area contributed by atoms with Gasteiger partial charge in [0.05, 0.1) is 0 Å². The molecule has 2 aliphatic rings. The highest BCUT2D eigenvalue weighted by atomic mass is 15.3. The first-order valence-electron chi connectivity index (χ1n) is 8.11. The molecule has 106 valence electrons. The Hall–Kier alpha value is -0.0800. The average Bonchev–Trinajstić information content (AvgIpc) is 2.28. The first-order valence-corrected chi connectivity index (χ1v) is 8.11.